The maximum Gasteiger partial charge on any atom is 0.435 e. The van der Waals surface area contributed by atoms with Crippen molar-refractivity contribution >= 4 is 11.3 Å². The molecule has 2 heterocycles. The molecule has 1 atom stereocenters. The molecule has 19 heavy (non-hydrogen) atoms. The number of nitrogens with zero attached hydrogens (tertiary/aromatic N) is 3. The van der Waals surface area contributed by atoms with E-state index in [-0.39, 0.29) is 11.6 Å². The van der Waals surface area contributed by atoms with Crippen LogP contribution in [0.5, 0.6) is 0 Å². The third-order valence-corrected chi connectivity index (χ3v) is 2.48. The van der Waals surface area contributed by atoms with Gasteiger partial charge in [-0.1, -0.05) is 0 Å². The number of hydrogen-bond donors (Lipinski definition) is 1. The standard InChI is InChI=1S/C11H13F3N4O/c1-7(6-19-2)16-10-8-5-9(11(12,13)14)17-18(8)4-3-15-10/h3-5,7H,6H2,1-2H3,(H,15,16). The summed E-state index contributed by atoms with van der Waals surface area (Å²) in [5, 5.41) is 6.46. The van der Waals surface area contributed by atoms with Crippen molar-refractivity contribution in [3.05, 3.63) is 24.2 Å². The highest BCUT2D eigenvalue weighted by molar-refractivity contribution is 5.68. The van der Waals surface area contributed by atoms with E-state index < -0.39 is 11.9 Å². The van der Waals surface area contributed by atoms with Crippen LogP contribution in [-0.4, -0.2) is 34.4 Å². The molecule has 5 nitrogen and oxygen atoms in total. The number of fused-ring (bicyclic) bond motifs is 1. The number of rotatable bonds is 4. The van der Waals surface area contributed by atoms with E-state index in [0.717, 1.165) is 10.6 Å². The highest BCUT2D eigenvalue weighted by Gasteiger charge is 2.34. The Labute approximate surface area is 107 Å². The van der Waals surface area contributed by atoms with Crippen molar-refractivity contribution in [3.63, 3.8) is 0 Å². The average molecular weight is 274 g/mol. The summed E-state index contributed by atoms with van der Waals surface area (Å²) in [6.45, 7) is 2.26. The van der Waals surface area contributed by atoms with E-state index in [4.69, 9.17) is 4.74 Å². The molecule has 0 saturated heterocycles. The predicted octanol–water partition coefficient (Wildman–Crippen LogP) is 2.19. The second kappa shape index (κ2) is 5.04. The molecule has 1 N–H and O–H groups in total. The smallest absolute Gasteiger partial charge is 0.383 e. The van der Waals surface area contributed by atoms with Gasteiger partial charge >= 0.3 is 6.18 Å². The Kier molecular flexibility index (Phi) is 3.61. The Morgan fingerprint density at radius 3 is 2.84 bits per heavy atom. The van der Waals surface area contributed by atoms with E-state index >= 15 is 0 Å². The minimum atomic E-state index is -4.47. The van der Waals surface area contributed by atoms with E-state index in [2.05, 4.69) is 15.4 Å². The molecule has 104 valence electrons. The quantitative estimate of drug-likeness (QED) is 0.928. The molecule has 0 aliphatic rings. The van der Waals surface area contributed by atoms with E-state index in [1.165, 1.54) is 12.4 Å². The van der Waals surface area contributed by atoms with Gasteiger partial charge in [0.25, 0.3) is 0 Å². The first-order chi connectivity index (χ1) is 8.91. The van der Waals surface area contributed by atoms with Crippen LogP contribution in [-0.2, 0) is 10.9 Å². The van der Waals surface area contributed by atoms with Crippen molar-refractivity contribution < 1.29 is 17.9 Å². The maximum absolute atomic E-state index is 12.6. The van der Waals surface area contributed by atoms with Crippen LogP contribution in [0.4, 0.5) is 19.0 Å². The molecule has 0 fully saturated rings. The zero-order valence-electron chi connectivity index (χ0n) is 10.4. The normalized spacial score (nSPS) is 13.7. The number of halogens is 3. The minimum absolute atomic E-state index is 0.0760. The van der Waals surface area contributed by atoms with Crippen molar-refractivity contribution in [3.8, 4) is 0 Å². The van der Waals surface area contributed by atoms with Gasteiger partial charge in [0, 0.05) is 31.6 Å². The lowest BCUT2D eigenvalue weighted by atomic mass is 10.3. The van der Waals surface area contributed by atoms with Gasteiger partial charge in [-0.05, 0) is 6.92 Å². The Balaban J connectivity index is 2.37. The molecule has 0 aliphatic carbocycles. The van der Waals surface area contributed by atoms with Gasteiger partial charge in [0.2, 0.25) is 0 Å². The van der Waals surface area contributed by atoms with E-state index in [1.54, 1.807) is 7.11 Å². The van der Waals surface area contributed by atoms with Crippen LogP contribution in [0.1, 0.15) is 12.6 Å². The lowest BCUT2D eigenvalue weighted by Crippen LogP contribution is -2.21. The first kappa shape index (κ1) is 13.6. The predicted molar refractivity (Wildman–Crippen MR) is 62.9 cm³/mol. The molecule has 0 radical (unpaired) electrons. The van der Waals surface area contributed by atoms with Crippen molar-refractivity contribution in [1.82, 2.24) is 14.6 Å². The Bertz CT molecular complexity index is 567. The summed E-state index contributed by atoms with van der Waals surface area (Å²) < 4.78 is 43.9. The van der Waals surface area contributed by atoms with Crippen LogP contribution in [0.15, 0.2) is 18.5 Å². The van der Waals surface area contributed by atoms with Crippen LogP contribution in [0.25, 0.3) is 5.52 Å². The highest BCUT2D eigenvalue weighted by atomic mass is 19.4. The van der Waals surface area contributed by atoms with Crippen molar-refractivity contribution in [2.24, 2.45) is 0 Å². The van der Waals surface area contributed by atoms with Crippen molar-refractivity contribution in [2.45, 2.75) is 19.1 Å². The second-order valence-corrected chi connectivity index (χ2v) is 4.13. The number of methoxy groups -OCH3 is 1. The van der Waals surface area contributed by atoms with E-state index in [1.807, 2.05) is 6.92 Å². The van der Waals surface area contributed by atoms with Gasteiger partial charge in [0.05, 0.1) is 6.61 Å². The monoisotopic (exact) mass is 274 g/mol. The van der Waals surface area contributed by atoms with Gasteiger partial charge < -0.3 is 10.1 Å². The summed E-state index contributed by atoms with van der Waals surface area (Å²) >= 11 is 0. The molecular weight excluding hydrogens is 261 g/mol. The fraction of sp³-hybridized carbons (Fsp3) is 0.455. The fourth-order valence-corrected chi connectivity index (χ4v) is 1.70. The largest absolute Gasteiger partial charge is 0.435 e. The Hall–Kier alpha value is -1.83. The summed E-state index contributed by atoms with van der Waals surface area (Å²) in [4.78, 5) is 4.03. The lowest BCUT2D eigenvalue weighted by molar-refractivity contribution is -0.141. The van der Waals surface area contributed by atoms with Gasteiger partial charge in [-0.25, -0.2) is 9.50 Å². The number of nitrogens with one attached hydrogen (secondary N) is 1. The Morgan fingerprint density at radius 1 is 1.47 bits per heavy atom. The molecule has 8 heteroatoms. The van der Waals surface area contributed by atoms with Crippen LogP contribution in [0, 0.1) is 0 Å². The van der Waals surface area contributed by atoms with E-state index in [0.29, 0.717) is 12.4 Å². The molecule has 0 saturated carbocycles. The maximum atomic E-state index is 12.6. The lowest BCUT2D eigenvalue weighted by Gasteiger charge is -2.13. The third kappa shape index (κ3) is 2.95. The molecular formula is C11H13F3N4O. The first-order valence-corrected chi connectivity index (χ1v) is 5.59. The molecule has 2 rings (SSSR count). The summed E-state index contributed by atoms with van der Waals surface area (Å²) in [6, 6.07) is 0.891. The van der Waals surface area contributed by atoms with Gasteiger partial charge in [-0.3, -0.25) is 0 Å². The first-order valence-electron chi connectivity index (χ1n) is 5.59. The second-order valence-electron chi connectivity index (χ2n) is 4.13. The molecule has 0 aromatic carbocycles. The minimum Gasteiger partial charge on any atom is -0.383 e. The van der Waals surface area contributed by atoms with Crippen LogP contribution < -0.4 is 5.32 Å². The number of alkyl halides is 3. The number of hydrogen-bond acceptors (Lipinski definition) is 4. The van der Waals surface area contributed by atoms with Crippen LogP contribution in [0.2, 0.25) is 0 Å². The summed E-state index contributed by atoms with van der Waals surface area (Å²) in [7, 11) is 1.55. The molecule has 0 amide bonds. The van der Waals surface area contributed by atoms with Crippen LogP contribution >= 0.6 is 0 Å². The van der Waals surface area contributed by atoms with Crippen LogP contribution in [0.3, 0.4) is 0 Å². The zero-order valence-corrected chi connectivity index (χ0v) is 10.4. The zero-order chi connectivity index (χ0) is 14.0. The fourth-order valence-electron chi connectivity index (χ4n) is 1.70. The molecule has 0 bridgehead atoms. The molecule has 2 aromatic heterocycles. The molecule has 0 aliphatic heterocycles. The molecule has 1 unspecified atom stereocenters. The Morgan fingerprint density at radius 2 is 2.21 bits per heavy atom. The highest BCUT2D eigenvalue weighted by Crippen LogP contribution is 2.30. The summed E-state index contributed by atoms with van der Waals surface area (Å²) in [6.07, 6.45) is -1.71. The van der Waals surface area contributed by atoms with Crippen molar-refractivity contribution in [1.29, 1.82) is 0 Å². The molecule has 0 spiro atoms. The molecule has 2 aromatic rings. The van der Waals surface area contributed by atoms with Crippen molar-refractivity contribution in [2.75, 3.05) is 19.0 Å². The number of anilines is 1. The van der Waals surface area contributed by atoms with Gasteiger partial charge in [0.1, 0.15) is 5.52 Å². The SMILES string of the molecule is COCC(C)Nc1nccn2nc(C(F)(F)F)cc12. The average Bonchev–Trinajstić information content (AvgIpc) is 2.74. The third-order valence-electron chi connectivity index (χ3n) is 2.48. The number of aromatic nitrogens is 3. The summed E-state index contributed by atoms with van der Waals surface area (Å²) in [5.41, 5.74) is -0.666. The van der Waals surface area contributed by atoms with Gasteiger partial charge in [-0.15, -0.1) is 0 Å². The number of ether oxygens (including phenoxy) is 1. The van der Waals surface area contributed by atoms with Gasteiger partial charge in [-0.2, -0.15) is 18.3 Å². The van der Waals surface area contributed by atoms with E-state index in [9.17, 15) is 13.2 Å². The van der Waals surface area contributed by atoms with Gasteiger partial charge in [0.15, 0.2) is 11.5 Å². The summed E-state index contributed by atoms with van der Waals surface area (Å²) in [5.74, 6) is 0.343. The topological polar surface area (TPSA) is 51.5 Å².